The Labute approximate surface area is 162 Å². The van der Waals surface area contributed by atoms with Crippen molar-refractivity contribution in [2.24, 2.45) is 7.05 Å². The molecule has 0 aromatic carbocycles. The van der Waals surface area contributed by atoms with Gasteiger partial charge in [-0.3, -0.25) is 14.8 Å². The third kappa shape index (κ3) is 3.78. The summed E-state index contributed by atoms with van der Waals surface area (Å²) in [5, 5.41) is 18.8. The Morgan fingerprint density at radius 1 is 1.32 bits per heavy atom. The number of H-pyrrole nitrogens is 1. The third-order valence-corrected chi connectivity index (χ3v) is 5.00. The third-order valence-electron chi connectivity index (χ3n) is 5.00. The summed E-state index contributed by atoms with van der Waals surface area (Å²) >= 11 is 0. The quantitative estimate of drug-likeness (QED) is 0.624. The summed E-state index contributed by atoms with van der Waals surface area (Å²) in [7, 11) is 1.90. The number of alkyl carbamates (subject to hydrolysis) is 1. The summed E-state index contributed by atoms with van der Waals surface area (Å²) in [6.45, 7) is 3.83. The zero-order chi connectivity index (χ0) is 19.7. The van der Waals surface area contributed by atoms with Gasteiger partial charge in [-0.25, -0.2) is 4.79 Å². The second-order valence-corrected chi connectivity index (χ2v) is 7.56. The minimum Gasteiger partial charge on any atom is -0.446 e. The molecular weight excluding hydrogens is 358 g/mol. The summed E-state index contributed by atoms with van der Waals surface area (Å²) in [5.41, 5.74) is 2.88. The van der Waals surface area contributed by atoms with Crippen molar-refractivity contribution in [1.82, 2.24) is 30.3 Å². The fourth-order valence-electron chi connectivity index (χ4n) is 3.72. The van der Waals surface area contributed by atoms with E-state index in [1.807, 2.05) is 31.6 Å². The van der Waals surface area contributed by atoms with Crippen molar-refractivity contribution in [2.45, 2.75) is 51.2 Å². The first kappa shape index (κ1) is 18.3. The summed E-state index contributed by atoms with van der Waals surface area (Å²) < 4.78 is 7.32. The largest absolute Gasteiger partial charge is 0.446 e. The van der Waals surface area contributed by atoms with Crippen molar-refractivity contribution in [3.63, 3.8) is 0 Å². The molecule has 3 aromatic rings. The lowest BCUT2D eigenvalue weighted by Gasteiger charge is -2.14. The van der Waals surface area contributed by atoms with Gasteiger partial charge >= 0.3 is 6.09 Å². The van der Waals surface area contributed by atoms with Gasteiger partial charge < -0.3 is 15.4 Å². The normalized spacial score (nSPS) is 19.3. The molecule has 0 radical (unpaired) electrons. The molecule has 148 valence electrons. The number of nitrogens with zero attached hydrogens (tertiary/aromatic N) is 4. The minimum absolute atomic E-state index is 0.0594. The van der Waals surface area contributed by atoms with Crippen molar-refractivity contribution >= 4 is 28.5 Å². The van der Waals surface area contributed by atoms with E-state index >= 15 is 0 Å². The zero-order valence-corrected chi connectivity index (χ0v) is 16.3. The van der Waals surface area contributed by atoms with Crippen LogP contribution in [0.4, 0.5) is 16.3 Å². The predicted octanol–water partition coefficient (Wildman–Crippen LogP) is 3.21. The SMILES string of the molecule is CC(C)NC(=O)OC1CCC(c2cc(Nc3cncc4cnn(C)c34)n[nH]2)C1. The van der Waals surface area contributed by atoms with E-state index in [0.29, 0.717) is 5.92 Å². The van der Waals surface area contributed by atoms with Crippen LogP contribution in [-0.4, -0.2) is 43.2 Å². The van der Waals surface area contributed by atoms with Gasteiger partial charge in [0, 0.05) is 42.4 Å². The maximum Gasteiger partial charge on any atom is 0.407 e. The van der Waals surface area contributed by atoms with Crippen molar-refractivity contribution in [2.75, 3.05) is 5.32 Å². The highest BCUT2D eigenvalue weighted by molar-refractivity contribution is 5.90. The number of aryl methyl sites for hydroxylation is 1. The molecule has 1 aliphatic carbocycles. The molecule has 0 bridgehead atoms. The smallest absolute Gasteiger partial charge is 0.407 e. The van der Waals surface area contributed by atoms with Gasteiger partial charge in [-0.05, 0) is 33.1 Å². The Morgan fingerprint density at radius 3 is 3.00 bits per heavy atom. The van der Waals surface area contributed by atoms with E-state index in [9.17, 15) is 4.79 Å². The van der Waals surface area contributed by atoms with Gasteiger partial charge in [-0.1, -0.05) is 0 Å². The second kappa shape index (κ2) is 7.49. The van der Waals surface area contributed by atoms with Crippen LogP contribution < -0.4 is 10.6 Å². The van der Waals surface area contributed by atoms with Crippen molar-refractivity contribution in [3.8, 4) is 0 Å². The summed E-state index contributed by atoms with van der Waals surface area (Å²) in [6, 6.07) is 2.08. The molecule has 28 heavy (non-hydrogen) atoms. The number of aromatic amines is 1. The molecule has 3 heterocycles. The number of pyridine rings is 1. The van der Waals surface area contributed by atoms with Gasteiger partial charge in [0.1, 0.15) is 6.10 Å². The molecule has 9 nitrogen and oxygen atoms in total. The van der Waals surface area contributed by atoms with E-state index in [4.69, 9.17) is 4.74 Å². The Balaban J connectivity index is 1.41. The van der Waals surface area contributed by atoms with Crippen molar-refractivity contribution in [1.29, 1.82) is 0 Å². The molecular formula is C19H25N7O2. The molecule has 0 saturated heterocycles. The van der Waals surface area contributed by atoms with Crippen LogP contribution in [0.5, 0.6) is 0 Å². The standard InChI is InChI=1S/C19H25N7O2/c1-11(2)22-19(27)28-14-5-4-12(6-14)15-7-17(25-24-15)23-16-10-20-8-13-9-21-26(3)18(13)16/h7-12,14H,4-6H2,1-3H3,(H,22,27)(H2,23,24,25). The monoisotopic (exact) mass is 383 g/mol. The molecule has 3 N–H and O–H groups in total. The molecule has 2 atom stereocenters. The van der Waals surface area contributed by atoms with Crippen LogP contribution in [0.2, 0.25) is 0 Å². The molecule has 2 unspecified atom stereocenters. The fraction of sp³-hybridized carbons (Fsp3) is 0.474. The Morgan fingerprint density at radius 2 is 2.18 bits per heavy atom. The maximum atomic E-state index is 11.8. The van der Waals surface area contributed by atoms with Crippen LogP contribution in [0.1, 0.15) is 44.7 Å². The lowest BCUT2D eigenvalue weighted by molar-refractivity contribution is 0.0981. The lowest BCUT2D eigenvalue weighted by Crippen LogP contribution is -2.33. The molecule has 1 saturated carbocycles. The van der Waals surface area contributed by atoms with Crippen LogP contribution in [0.25, 0.3) is 10.9 Å². The van der Waals surface area contributed by atoms with Gasteiger partial charge in [-0.2, -0.15) is 10.2 Å². The molecule has 1 amide bonds. The number of rotatable bonds is 5. The number of aromatic nitrogens is 5. The number of ether oxygens (including phenoxy) is 1. The number of hydrogen-bond acceptors (Lipinski definition) is 6. The van der Waals surface area contributed by atoms with E-state index in [1.54, 1.807) is 18.6 Å². The summed E-state index contributed by atoms with van der Waals surface area (Å²) in [4.78, 5) is 16.1. The van der Waals surface area contributed by atoms with Crippen LogP contribution in [0.15, 0.2) is 24.7 Å². The number of nitrogens with one attached hydrogen (secondary N) is 3. The van der Waals surface area contributed by atoms with E-state index < -0.39 is 0 Å². The topological polar surface area (TPSA) is 110 Å². The Kier molecular flexibility index (Phi) is 4.89. The van der Waals surface area contributed by atoms with Gasteiger partial charge in [0.2, 0.25) is 0 Å². The van der Waals surface area contributed by atoms with Crippen molar-refractivity contribution < 1.29 is 9.53 Å². The number of carbonyl (C=O) groups excluding carboxylic acids is 1. The molecule has 1 aliphatic rings. The van der Waals surface area contributed by atoms with Gasteiger partial charge in [0.15, 0.2) is 5.82 Å². The van der Waals surface area contributed by atoms with Gasteiger partial charge in [-0.15, -0.1) is 0 Å². The van der Waals surface area contributed by atoms with E-state index in [1.165, 1.54) is 0 Å². The first-order valence-electron chi connectivity index (χ1n) is 9.55. The van der Waals surface area contributed by atoms with Crippen molar-refractivity contribution in [3.05, 3.63) is 30.4 Å². The molecule has 3 aromatic heterocycles. The maximum absolute atomic E-state index is 11.8. The molecule has 4 rings (SSSR count). The molecule has 9 heteroatoms. The van der Waals surface area contributed by atoms with E-state index in [-0.39, 0.29) is 18.2 Å². The van der Waals surface area contributed by atoms with Crippen LogP contribution in [0, 0.1) is 0 Å². The van der Waals surface area contributed by atoms with E-state index in [0.717, 1.165) is 47.4 Å². The zero-order valence-electron chi connectivity index (χ0n) is 16.3. The Hall–Kier alpha value is -3.10. The van der Waals surface area contributed by atoms with Gasteiger partial charge in [0.25, 0.3) is 0 Å². The molecule has 0 spiro atoms. The number of carbonyl (C=O) groups is 1. The average molecular weight is 383 g/mol. The predicted molar refractivity (Wildman–Crippen MR) is 106 cm³/mol. The average Bonchev–Trinajstić information content (AvgIpc) is 3.35. The second-order valence-electron chi connectivity index (χ2n) is 7.56. The van der Waals surface area contributed by atoms with Crippen LogP contribution in [-0.2, 0) is 11.8 Å². The minimum atomic E-state index is -0.343. The molecule has 1 fully saturated rings. The molecule has 0 aliphatic heterocycles. The highest BCUT2D eigenvalue weighted by Gasteiger charge is 2.30. The Bertz CT molecular complexity index is 978. The number of anilines is 2. The number of fused-ring (bicyclic) bond motifs is 1. The number of amides is 1. The van der Waals surface area contributed by atoms with Gasteiger partial charge in [0.05, 0.1) is 23.6 Å². The fourth-order valence-corrected chi connectivity index (χ4v) is 3.72. The highest BCUT2D eigenvalue weighted by atomic mass is 16.6. The highest BCUT2D eigenvalue weighted by Crippen LogP contribution is 2.36. The van der Waals surface area contributed by atoms with E-state index in [2.05, 4.69) is 30.9 Å². The van der Waals surface area contributed by atoms with Crippen LogP contribution >= 0.6 is 0 Å². The first-order chi connectivity index (χ1) is 13.5. The van der Waals surface area contributed by atoms with Crippen LogP contribution in [0.3, 0.4) is 0 Å². The lowest BCUT2D eigenvalue weighted by atomic mass is 10.0. The summed E-state index contributed by atoms with van der Waals surface area (Å²) in [5.74, 6) is 1.03. The summed E-state index contributed by atoms with van der Waals surface area (Å²) in [6.07, 6.45) is 7.56. The number of hydrogen-bond donors (Lipinski definition) is 3. The first-order valence-corrected chi connectivity index (χ1v) is 9.55.